The molecule has 106 valence electrons. The minimum Gasteiger partial charge on any atom is -0.422 e. The molecule has 0 N–H and O–H groups in total. The van der Waals surface area contributed by atoms with Gasteiger partial charge in [0.25, 0.3) is 0 Å². The first-order valence-electron chi connectivity index (χ1n) is 7.16. The lowest BCUT2D eigenvalue weighted by Crippen LogP contribution is -2.47. The molecule has 0 saturated carbocycles. The van der Waals surface area contributed by atoms with Crippen LogP contribution < -0.4 is 0 Å². The van der Waals surface area contributed by atoms with Crippen LogP contribution in [0.3, 0.4) is 0 Å². The summed E-state index contributed by atoms with van der Waals surface area (Å²) in [4.78, 5) is 0. The normalized spacial score (nSPS) is 44.5. The Kier molecular flexibility index (Phi) is 5.81. The van der Waals surface area contributed by atoms with Crippen LogP contribution in [0.5, 0.6) is 0 Å². The molecule has 2 aliphatic rings. The van der Waals surface area contributed by atoms with E-state index >= 15 is 0 Å². The highest BCUT2D eigenvalue weighted by Crippen LogP contribution is 2.41. The number of fused-ring (bicyclic) bond motifs is 3. The first-order valence-corrected chi connectivity index (χ1v) is 13.3. The van der Waals surface area contributed by atoms with Gasteiger partial charge in [0.15, 0.2) is 29.3 Å². The summed E-state index contributed by atoms with van der Waals surface area (Å²) in [7, 11) is -3.58. The molecule has 2 aliphatic heterocycles. The van der Waals surface area contributed by atoms with Crippen molar-refractivity contribution in [1.29, 1.82) is 0 Å². The second-order valence-corrected chi connectivity index (χ2v) is 15.4. The molecule has 0 aromatic heterocycles. The SMILES string of the molecule is CCOCCC[Si]12O[SiH2]C(C)C([SiH2]O1)C(C)[SiH2]O2. The lowest BCUT2D eigenvalue weighted by atomic mass is 10.2. The fraction of sp³-hybridized carbons (Fsp3) is 1.00. The molecule has 8 heteroatoms. The Hall–Kier alpha value is 0.708. The van der Waals surface area contributed by atoms with Crippen molar-refractivity contribution in [1.82, 2.24) is 0 Å². The summed E-state index contributed by atoms with van der Waals surface area (Å²) in [5.74, 6) is 0. The van der Waals surface area contributed by atoms with Gasteiger partial charge in [-0.2, -0.15) is 0 Å². The van der Waals surface area contributed by atoms with E-state index in [9.17, 15) is 0 Å². The Morgan fingerprint density at radius 1 is 1.06 bits per heavy atom. The third-order valence-corrected chi connectivity index (χ3v) is 17.9. The predicted octanol–water partition coefficient (Wildman–Crippen LogP) is 0.0856. The first kappa shape index (κ1) is 15.1. The molecule has 0 aliphatic carbocycles. The van der Waals surface area contributed by atoms with Gasteiger partial charge in [-0.15, -0.1) is 0 Å². The molecule has 2 heterocycles. The largest absolute Gasteiger partial charge is 0.468 e. The molecule has 2 atom stereocenters. The van der Waals surface area contributed by atoms with Gasteiger partial charge in [0.1, 0.15) is 0 Å². The van der Waals surface area contributed by atoms with Crippen molar-refractivity contribution >= 4 is 38.1 Å². The predicted molar refractivity (Wildman–Crippen MR) is 83.2 cm³/mol. The van der Waals surface area contributed by atoms with Crippen molar-refractivity contribution < 1.29 is 17.1 Å². The van der Waals surface area contributed by atoms with Crippen molar-refractivity contribution in [3.8, 4) is 0 Å². The highest BCUT2D eigenvalue weighted by molar-refractivity contribution is 6.76. The minimum atomic E-state index is -2.22. The Morgan fingerprint density at radius 3 is 2.28 bits per heavy atom. The maximum Gasteiger partial charge on any atom is 0.468 e. The minimum absolute atomic E-state index is 0.448. The maximum atomic E-state index is 6.28. The van der Waals surface area contributed by atoms with Crippen LogP contribution in [0.2, 0.25) is 22.7 Å². The molecule has 2 bridgehead atoms. The quantitative estimate of drug-likeness (QED) is 0.531. The van der Waals surface area contributed by atoms with Crippen molar-refractivity contribution in [3.05, 3.63) is 0 Å². The van der Waals surface area contributed by atoms with E-state index in [2.05, 4.69) is 13.8 Å². The lowest BCUT2D eigenvalue weighted by molar-refractivity contribution is 0.144. The van der Waals surface area contributed by atoms with Crippen LogP contribution in [0.25, 0.3) is 0 Å². The summed E-state index contributed by atoms with van der Waals surface area (Å²) in [6.45, 7) is 8.42. The van der Waals surface area contributed by atoms with Gasteiger partial charge in [0.05, 0.1) is 0 Å². The van der Waals surface area contributed by atoms with Crippen LogP contribution >= 0.6 is 0 Å². The zero-order valence-electron chi connectivity index (χ0n) is 11.8. The van der Waals surface area contributed by atoms with Crippen LogP contribution in [0.1, 0.15) is 27.2 Å². The Labute approximate surface area is 118 Å². The fourth-order valence-electron chi connectivity index (χ4n) is 2.75. The number of hydrogen-bond acceptors (Lipinski definition) is 4. The monoisotopic (exact) mass is 322 g/mol. The van der Waals surface area contributed by atoms with E-state index in [1.165, 1.54) is 0 Å². The molecule has 18 heavy (non-hydrogen) atoms. The van der Waals surface area contributed by atoms with Crippen LogP contribution in [0.4, 0.5) is 0 Å². The van der Waals surface area contributed by atoms with Crippen molar-refractivity contribution in [2.45, 2.75) is 49.9 Å². The summed E-state index contributed by atoms with van der Waals surface area (Å²) in [5, 5.41) is 0. The van der Waals surface area contributed by atoms with E-state index in [0.29, 0.717) is 0 Å². The summed E-state index contributed by atoms with van der Waals surface area (Å²) in [6.07, 6.45) is 1.03. The molecule has 2 fully saturated rings. The maximum absolute atomic E-state index is 6.28. The molecule has 2 saturated heterocycles. The zero-order valence-corrected chi connectivity index (χ0v) is 17.1. The second kappa shape index (κ2) is 6.93. The molecular formula is C10H26O4Si4. The molecule has 0 aromatic rings. The van der Waals surface area contributed by atoms with E-state index in [1.807, 2.05) is 6.92 Å². The van der Waals surface area contributed by atoms with Crippen molar-refractivity contribution in [3.63, 3.8) is 0 Å². The van der Waals surface area contributed by atoms with E-state index in [-0.39, 0.29) is 0 Å². The van der Waals surface area contributed by atoms with E-state index < -0.39 is 38.1 Å². The Morgan fingerprint density at radius 2 is 1.67 bits per heavy atom. The summed E-state index contributed by atoms with van der Waals surface area (Å²) in [6, 6.07) is 0.992. The molecular weight excluding hydrogens is 296 g/mol. The highest BCUT2D eigenvalue weighted by Gasteiger charge is 2.47. The summed E-state index contributed by atoms with van der Waals surface area (Å²) >= 11 is 0. The smallest absolute Gasteiger partial charge is 0.422 e. The standard InChI is InChI=1S/C10H26O4Si4/c1-4-11-6-5-7-18-12-15-8(2)10(17-14-18)9(3)16-13-18/h8-10H,4-7,15-17H2,1-3H3. The fourth-order valence-corrected chi connectivity index (χ4v) is 18.3. The average Bonchev–Trinajstić information content (AvgIpc) is 2.63. The molecule has 0 spiro atoms. The average molecular weight is 323 g/mol. The topological polar surface area (TPSA) is 36.9 Å². The third kappa shape index (κ3) is 3.63. The van der Waals surface area contributed by atoms with Crippen LogP contribution in [-0.4, -0.2) is 51.3 Å². The van der Waals surface area contributed by atoms with Crippen molar-refractivity contribution in [2.24, 2.45) is 0 Å². The highest BCUT2D eigenvalue weighted by atomic mass is 28.5. The molecule has 2 unspecified atom stereocenters. The summed E-state index contributed by atoms with van der Waals surface area (Å²) < 4.78 is 24.2. The number of rotatable bonds is 5. The van der Waals surface area contributed by atoms with Crippen LogP contribution in [0.15, 0.2) is 0 Å². The number of ether oxygens (including phenoxy) is 1. The van der Waals surface area contributed by atoms with Gasteiger partial charge in [-0.3, -0.25) is 0 Å². The first-order chi connectivity index (χ1) is 8.67. The number of hydrogen-bond donors (Lipinski definition) is 0. The second-order valence-electron chi connectivity index (χ2n) is 5.53. The van der Waals surface area contributed by atoms with Gasteiger partial charge >= 0.3 is 8.80 Å². The lowest BCUT2D eigenvalue weighted by Gasteiger charge is -2.31. The molecule has 2 rings (SSSR count). The van der Waals surface area contributed by atoms with E-state index in [1.54, 1.807) is 0 Å². The zero-order chi connectivity index (χ0) is 13.0. The molecule has 0 aromatic carbocycles. The van der Waals surface area contributed by atoms with Gasteiger partial charge in [-0.1, -0.05) is 13.8 Å². The summed E-state index contributed by atoms with van der Waals surface area (Å²) in [5.41, 5.74) is 2.46. The Bertz CT molecular complexity index is 254. The van der Waals surface area contributed by atoms with Gasteiger partial charge < -0.3 is 17.1 Å². The molecule has 4 nitrogen and oxygen atoms in total. The van der Waals surface area contributed by atoms with Gasteiger partial charge in [0, 0.05) is 19.3 Å². The molecule has 0 amide bonds. The molecule has 0 radical (unpaired) electrons. The van der Waals surface area contributed by atoms with Crippen molar-refractivity contribution in [2.75, 3.05) is 13.2 Å². The van der Waals surface area contributed by atoms with Gasteiger partial charge in [-0.25, -0.2) is 0 Å². The van der Waals surface area contributed by atoms with E-state index in [4.69, 9.17) is 17.1 Å². The van der Waals surface area contributed by atoms with Crippen LogP contribution in [0, 0.1) is 0 Å². The van der Waals surface area contributed by atoms with E-state index in [0.717, 1.165) is 42.3 Å². The van der Waals surface area contributed by atoms with Gasteiger partial charge in [0.2, 0.25) is 0 Å². The Balaban J connectivity index is 1.94. The third-order valence-electron chi connectivity index (χ3n) is 4.07. The van der Waals surface area contributed by atoms with Gasteiger partial charge in [-0.05, 0) is 30.0 Å². The van der Waals surface area contributed by atoms with Crippen LogP contribution in [-0.2, 0) is 17.1 Å².